The Morgan fingerprint density at radius 2 is 1.94 bits per heavy atom. The van der Waals surface area contributed by atoms with Crippen molar-refractivity contribution in [3.8, 4) is 0 Å². The summed E-state index contributed by atoms with van der Waals surface area (Å²) >= 11 is 0. The van der Waals surface area contributed by atoms with E-state index < -0.39 is 0 Å². The standard InChI is InChI=1S/C12H20N6/c1-17-4-6-18(7-5-17)12-15-10-8-14-3-2-9(10)11(13)16-12/h14H,2-8H2,1H3,(H2,13,15,16). The highest BCUT2D eigenvalue weighted by Gasteiger charge is 2.21. The van der Waals surface area contributed by atoms with Crippen LogP contribution in [0.1, 0.15) is 11.3 Å². The molecule has 6 nitrogen and oxygen atoms in total. The van der Waals surface area contributed by atoms with Crippen LogP contribution in [0.25, 0.3) is 0 Å². The number of fused-ring (bicyclic) bond motifs is 1. The quantitative estimate of drug-likeness (QED) is 0.695. The zero-order valence-electron chi connectivity index (χ0n) is 10.8. The van der Waals surface area contributed by atoms with Crippen LogP contribution in [0.3, 0.4) is 0 Å². The van der Waals surface area contributed by atoms with E-state index >= 15 is 0 Å². The monoisotopic (exact) mass is 248 g/mol. The van der Waals surface area contributed by atoms with Gasteiger partial charge < -0.3 is 20.9 Å². The Morgan fingerprint density at radius 3 is 2.72 bits per heavy atom. The van der Waals surface area contributed by atoms with Crippen molar-refractivity contribution in [2.45, 2.75) is 13.0 Å². The van der Waals surface area contributed by atoms with Crippen LogP contribution in [-0.2, 0) is 13.0 Å². The molecule has 0 radical (unpaired) electrons. The highest BCUT2D eigenvalue weighted by molar-refractivity contribution is 5.49. The first-order valence-electron chi connectivity index (χ1n) is 6.53. The first kappa shape index (κ1) is 11.7. The number of hydrogen-bond acceptors (Lipinski definition) is 6. The van der Waals surface area contributed by atoms with Gasteiger partial charge in [-0.3, -0.25) is 0 Å². The molecule has 0 amide bonds. The van der Waals surface area contributed by atoms with E-state index in [0.29, 0.717) is 5.82 Å². The maximum absolute atomic E-state index is 6.06. The number of likely N-dealkylation sites (N-methyl/N-ethyl adjacent to an activating group) is 1. The van der Waals surface area contributed by atoms with Crippen molar-refractivity contribution in [1.29, 1.82) is 0 Å². The Morgan fingerprint density at radius 1 is 1.17 bits per heavy atom. The molecule has 6 heteroatoms. The third-order valence-electron chi connectivity index (χ3n) is 3.74. The zero-order valence-corrected chi connectivity index (χ0v) is 10.8. The molecule has 3 heterocycles. The molecule has 1 aromatic heterocycles. The Balaban J connectivity index is 1.86. The lowest BCUT2D eigenvalue weighted by molar-refractivity contribution is 0.311. The molecule has 0 spiro atoms. The van der Waals surface area contributed by atoms with Gasteiger partial charge in [-0.05, 0) is 20.0 Å². The molecule has 1 fully saturated rings. The van der Waals surface area contributed by atoms with Gasteiger partial charge in [0.1, 0.15) is 5.82 Å². The van der Waals surface area contributed by atoms with E-state index in [9.17, 15) is 0 Å². The molecule has 0 saturated carbocycles. The van der Waals surface area contributed by atoms with Crippen molar-refractivity contribution in [1.82, 2.24) is 20.2 Å². The van der Waals surface area contributed by atoms with E-state index in [-0.39, 0.29) is 0 Å². The highest BCUT2D eigenvalue weighted by atomic mass is 15.3. The van der Waals surface area contributed by atoms with E-state index in [1.165, 1.54) is 0 Å². The van der Waals surface area contributed by atoms with E-state index in [4.69, 9.17) is 5.73 Å². The number of nitrogens with one attached hydrogen (secondary N) is 1. The molecule has 2 aliphatic rings. The normalized spacial score (nSPS) is 20.8. The zero-order chi connectivity index (χ0) is 12.5. The lowest BCUT2D eigenvalue weighted by Crippen LogP contribution is -2.45. The number of hydrogen-bond donors (Lipinski definition) is 2. The fourth-order valence-corrected chi connectivity index (χ4v) is 2.52. The number of rotatable bonds is 1. The van der Waals surface area contributed by atoms with Crippen LogP contribution in [0.4, 0.5) is 11.8 Å². The van der Waals surface area contributed by atoms with Crippen LogP contribution < -0.4 is 16.0 Å². The van der Waals surface area contributed by atoms with Gasteiger partial charge in [0.25, 0.3) is 0 Å². The summed E-state index contributed by atoms with van der Waals surface area (Å²) in [5.74, 6) is 1.46. The van der Waals surface area contributed by atoms with Crippen LogP contribution >= 0.6 is 0 Å². The molecule has 18 heavy (non-hydrogen) atoms. The highest BCUT2D eigenvalue weighted by Crippen LogP contribution is 2.21. The maximum atomic E-state index is 6.06. The van der Waals surface area contributed by atoms with Crippen LogP contribution in [0.2, 0.25) is 0 Å². The molecular weight excluding hydrogens is 228 g/mol. The van der Waals surface area contributed by atoms with Gasteiger partial charge in [0.2, 0.25) is 5.95 Å². The lowest BCUT2D eigenvalue weighted by Gasteiger charge is -2.33. The number of nitrogen functional groups attached to an aromatic ring is 1. The van der Waals surface area contributed by atoms with Crippen LogP contribution in [0.5, 0.6) is 0 Å². The average molecular weight is 248 g/mol. The number of nitrogens with zero attached hydrogens (tertiary/aromatic N) is 4. The van der Waals surface area contributed by atoms with Gasteiger partial charge in [-0.15, -0.1) is 0 Å². The van der Waals surface area contributed by atoms with Gasteiger partial charge in [-0.25, -0.2) is 4.98 Å². The van der Waals surface area contributed by atoms with Gasteiger partial charge in [0, 0.05) is 38.3 Å². The van der Waals surface area contributed by atoms with Crippen molar-refractivity contribution >= 4 is 11.8 Å². The molecular formula is C12H20N6. The largest absolute Gasteiger partial charge is 0.383 e. The third-order valence-corrected chi connectivity index (χ3v) is 3.74. The second-order valence-corrected chi connectivity index (χ2v) is 5.05. The van der Waals surface area contributed by atoms with Crippen molar-refractivity contribution in [3.05, 3.63) is 11.3 Å². The molecule has 0 unspecified atom stereocenters. The number of aromatic nitrogens is 2. The Bertz CT molecular complexity index is 438. The first-order chi connectivity index (χ1) is 8.74. The van der Waals surface area contributed by atoms with E-state index in [2.05, 4.69) is 32.1 Å². The minimum absolute atomic E-state index is 0.662. The van der Waals surface area contributed by atoms with Crippen LogP contribution in [0, 0.1) is 0 Å². The molecule has 1 aromatic rings. The molecule has 3 N–H and O–H groups in total. The minimum atomic E-state index is 0.662. The summed E-state index contributed by atoms with van der Waals surface area (Å²) in [6.07, 6.45) is 0.935. The van der Waals surface area contributed by atoms with Crippen molar-refractivity contribution in [2.24, 2.45) is 0 Å². The SMILES string of the molecule is CN1CCN(c2nc(N)c3c(n2)CNCC3)CC1. The summed E-state index contributed by atoms with van der Waals surface area (Å²) in [5, 5.41) is 3.33. The fourth-order valence-electron chi connectivity index (χ4n) is 2.52. The second-order valence-electron chi connectivity index (χ2n) is 5.05. The smallest absolute Gasteiger partial charge is 0.227 e. The van der Waals surface area contributed by atoms with Crippen LogP contribution in [0.15, 0.2) is 0 Å². The Hall–Kier alpha value is -1.40. The van der Waals surface area contributed by atoms with Gasteiger partial charge in [-0.1, -0.05) is 0 Å². The van der Waals surface area contributed by atoms with Gasteiger partial charge >= 0.3 is 0 Å². The number of anilines is 2. The summed E-state index contributed by atoms with van der Waals surface area (Å²) < 4.78 is 0. The minimum Gasteiger partial charge on any atom is -0.383 e. The first-order valence-corrected chi connectivity index (χ1v) is 6.53. The summed E-state index contributed by atoms with van der Waals surface area (Å²) in [5.41, 5.74) is 8.26. The average Bonchev–Trinajstić information content (AvgIpc) is 2.39. The molecule has 98 valence electrons. The summed E-state index contributed by atoms with van der Waals surface area (Å²) in [4.78, 5) is 13.7. The summed E-state index contributed by atoms with van der Waals surface area (Å²) in [7, 11) is 2.14. The third kappa shape index (κ3) is 2.13. The summed E-state index contributed by atoms with van der Waals surface area (Å²) in [6, 6.07) is 0. The summed E-state index contributed by atoms with van der Waals surface area (Å²) in [6.45, 7) is 5.83. The predicted molar refractivity (Wildman–Crippen MR) is 71.6 cm³/mol. The molecule has 0 aliphatic carbocycles. The Labute approximate surface area is 107 Å². The fraction of sp³-hybridized carbons (Fsp3) is 0.667. The molecule has 0 bridgehead atoms. The van der Waals surface area contributed by atoms with Crippen molar-refractivity contribution in [2.75, 3.05) is 50.4 Å². The number of nitrogens with two attached hydrogens (primary N) is 1. The van der Waals surface area contributed by atoms with Crippen molar-refractivity contribution in [3.63, 3.8) is 0 Å². The molecule has 3 rings (SSSR count). The lowest BCUT2D eigenvalue weighted by atomic mass is 10.1. The topological polar surface area (TPSA) is 70.3 Å². The number of piperazine rings is 1. The second kappa shape index (κ2) is 4.70. The molecule has 1 saturated heterocycles. The van der Waals surface area contributed by atoms with E-state index in [0.717, 1.165) is 62.9 Å². The van der Waals surface area contributed by atoms with Crippen LogP contribution in [-0.4, -0.2) is 54.6 Å². The van der Waals surface area contributed by atoms with E-state index in [1.54, 1.807) is 0 Å². The maximum Gasteiger partial charge on any atom is 0.227 e. The van der Waals surface area contributed by atoms with Gasteiger partial charge in [0.05, 0.1) is 5.69 Å². The predicted octanol–water partition coefficient (Wildman–Crippen LogP) is -0.544. The molecule has 0 aromatic carbocycles. The molecule has 0 atom stereocenters. The van der Waals surface area contributed by atoms with Crippen molar-refractivity contribution < 1.29 is 0 Å². The Kier molecular flexibility index (Phi) is 3.05. The van der Waals surface area contributed by atoms with Gasteiger partial charge in [0.15, 0.2) is 0 Å². The molecule has 2 aliphatic heterocycles. The van der Waals surface area contributed by atoms with Gasteiger partial charge in [-0.2, -0.15) is 4.98 Å². The van der Waals surface area contributed by atoms with E-state index in [1.807, 2.05) is 0 Å².